The number of fused-ring (bicyclic) bond motifs is 5. The molecule has 6 heteroatoms. The van der Waals surface area contributed by atoms with E-state index in [0.29, 0.717) is 16.7 Å². The summed E-state index contributed by atoms with van der Waals surface area (Å²) in [6, 6.07) is 0. The first kappa shape index (κ1) is 26.2. The molecule has 0 radical (unpaired) electrons. The van der Waals surface area contributed by atoms with E-state index in [2.05, 4.69) is 20.8 Å². The van der Waals surface area contributed by atoms with Crippen LogP contribution in [-0.4, -0.2) is 6.61 Å². The van der Waals surface area contributed by atoms with Crippen molar-refractivity contribution in [3.05, 3.63) is 11.5 Å². The van der Waals surface area contributed by atoms with Crippen LogP contribution in [0.4, 0.5) is 0 Å². The Hall–Kier alpha value is 0.170. The molecule has 33 heavy (non-hydrogen) atoms. The first-order valence-electron chi connectivity index (χ1n) is 13.4. The van der Waals surface area contributed by atoms with Crippen molar-refractivity contribution in [1.82, 2.24) is 0 Å². The van der Waals surface area contributed by atoms with Crippen LogP contribution < -0.4 is 0 Å². The Morgan fingerprint density at radius 2 is 1.64 bits per heavy atom. The zero-order chi connectivity index (χ0) is 23.6. The second kappa shape index (κ2) is 11.1. The predicted molar refractivity (Wildman–Crippen MR) is 136 cm³/mol. The summed E-state index contributed by atoms with van der Waals surface area (Å²) >= 11 is 16.4. The molecule has 0 aromatic heterocycles. The minimum atomic E-state index is 0.0876. The second-order valence-electron chi connectivity index (χ2n) is 12.3. The van der Waals surface area contributed by atoms with Crippen LogP contribution in [0.15, 0.2) is 11.5 Å². The maximum Gasteiger partial charge on any atom is 0.320 e. The standard InChI is InChI=1S/C27H43Cl3O3/c1-18(7-6-8-19(17-31-28)25(32-29)33-30)22-12-13-23-21-11-10-20-9-4-5-15-26(20,2)24(21)14-16-27(22,23)3/h18,20-24H,4-17H2,1-3H3/t18-,20?,21+,22-,23+,24+,26+,27-/m1/s1. The van der Waals surface area contributed by atoms with E-state index in [4.69, 9.17) is 48.5 Å². The van der Waals surface area contributed by atoms with Gasteiger partial charge in [0.1, 0.15) is 23.7 Å². The molecular weight excluding hydrogens is 479 g/mol. The summed E-state index contributed by atoms with van der Waals surface area (Å²) in [4.78, 5) is 0. The van der Waals surface area contributed by atoms with Crippen LogP contribution in [-0.2, 0) is 12.9 Å². The van der Waals surface area contributed by atoms with Gasteiger partial charge in [-0.25, -0.2) is 0 Å². The van der Waals surface area contributed by atoms with E-state index in [1.54, 1.807) is 0 Å². The molecule has 4 rings (SSSR count). The molecule has 3 nitrogen and oxygen atoms in total. The molecule has 0 aromatic rings. The fraction of sp³-hybridized carbons (Fsp3) is 0.926. The fourth-order valence-electron chi connectivity index (χ4n) is 9.53. The largest absolute Gasteiger partial charge is 0.346 e. The van der Waals surface area contributed by atoms with E-state index in [1.165, 1.54) is 70.6 Å². The van der Waals surface area contributed by atoms with Crippen molar-refractivity contribution in [3.63, 3.8) is 0 Å². The van der Waals surface area contributed by atoms with Gasteiger partial charge in [-0.3, -0.25) is 4.29 Å². The van der Waals surface area contributed by atoms with Gasteiger partial charge in [0.15, 0.2) is 0 Å². The lowest BCUT2D eigenvalue weighted by Gasteiger charge is -2.61. The van der Waals surface area contributed by atoms with Gasteiger partial charge in [-0.1, -0.05) is 40.0 Å². The highest BCUT2D eigenvalue weighted by molar-refractivity contribution is 6.10. The molecule has 0 aliphatic heterocycles. The van der Waals surface area contributed by atoms with Gasteiger partial charge in [-0.2, -0.15) is 0 Å². The summed E-state index contributed by atoms with van der Waals surface area (Å²) in [6.07, 6.45) is 17.6. The highest BCUT2D eigenvalue weighted by Gasteiger charge is 2.60. The van der Waals surface area contributed by atoms with Gasteiger partial charge in [0.25, 0.3) is 0 Å². The van der Waals surface area contributed by atoms with Crippen LogP contribution in [0, 0.1) is 46.3 Å². The monoisotopic (exact) mass is 520 g/mol. The van der Waals surface area contributed by atoms with Gasteiger partial charge in [0.05, 0.1) is 18.5 Å². The number of rotatable bonds is 9. The Balaban J connectivity index is 1.39. The Bertz CT molecular complexity index is 694. The highest BCUT2D eigenvalue weighted by atomic mass is 35.5. The molecule has 0 aromatic carbocycles. The normalized spacial score (nSPS) is 40.8. The Morgan fingerprint density at radius 1 is 0.879 bits per heavy atom. The summed E-state index contributed by atoms with van der Waals surface area (Å²) in [5.74, 6) is 5.51. The van der Waals surface area contributed by atoms with Crippen LogP contribution in [0.2, 0.25) is 0 Å². The minimum Gasteiger partial charge on any atom is -0.346 e. The molecule has 0 saturated heterocycles. The molecule has 0 bridgehead atoms. The van der Waals surface area contributed by atoms with E-state index < -0.39 is 0 Å². The molecule has 4 saturated carbocycles. The lowest BCUT2D eigenvalue weighted by atomic mass is 9.44. The topological polar surface area (TPSA) is 27.7 Å². The van der Waals surface area contributed by atoms with Gasteiger partial charge >= 0.3 is 5.95 Å². The van der Waals surface area contributed by atoms with Crippen LogP contribution in [0.1, 0.15) is 104 Å². The van der Waals surface area contributed by atoms with Crippen molar-refractivity contribution in [3.8, 4) is 0 Å². The number of hydrogen-bond donors (Lipinski definition) is 0. The first-order valence-corrected chi connectivity index (χ1v) is 14.3. The summed E-state index contributed by atoms with van der Waals surface area (Å²) in [7, 11) is 0. The molecule has 1 unspecified atom stereocenters. The van der Waals surface area contributed by atoms with Crippen molar-refractivity contribution in [2.45, 2.75) is 104 Å². The van der Waals surface area contributed by atoms with Gasteiger partial charge in [-0.15, -0.1) is 0 Å². The molecule has 4 aliphatic carbocycles. The van der Waals surface area contributed by atoms with E-state index in [-0.39, 0.29) is 12.6 Å². The van der Waals surface area contributed by atoms with E-state index in [9.17, 15) is 0 Å². The number of halogens is 3. The smallest absolute Gasteiger partial charge is 0.320 e. The SMILES string of the molecule is C[C@H](CCCC(COCl)=C(OCl)OCl)[C@H]1CC[C@H]2[C@@H]3CCC4CCCC[C@]4(C)[C@H]3CC[C@]12C. The molecule has 0 N–H and O–H groups in total. The summed E-state index contributed by atoms with van der Waals surface area (Å²) in [5, 5.41) is 0. The van der Waals surface area contributed by atoms with E-state index >= 15 is 0 Å². The second-order valence-corrected chi connectivity index (χ2v) is 12.8. The summed E-state index contributed by atoms with van der Waals surface area (Å²) < 4.78 is 14.2. The fourth-order valence-corrected chi connectivity index (χ4v) is 9.97. The molecule has 190 valence electrons. The first-order chi connectivity index (χ1) is 15.9. The average molecular weight is 522 g/mol. The summed E-state index contributed by atoms with van der Waals surface area (Å²) in [5.41, 5.74) is 1.90. The molecular formula is C27H43Cl3O3. The molecule has 8 atom stereocenters. The Morgan fingerprint density at radius 3 is 2.36 bits per heavy atom. The summed E-state index contributed by atoms with van der Waals surface area (Å²) in [6.45, 7) is 8.01. The third-order valence-electron chi connectivity index (χ3n) is 11.1. The highest BCUT2D eigenvalue weighted by Crippen LogP contribution is 2.68. The van der Waals surface area contributed by atoms with Crippen molar-refractivity contribution in [2.24, 2.45) is 46.3 Å². The van der Waals surface area contributed by atoms with E-state index in [0.717, 1.165) is 48.0 Å². The molecule has 0 amide bonds. The van der Waals surface area contributed by atoms with Crippen LogP contribution in [0.5, 0.6) is 0 Å². The van der Waals surface area contributed by atoms with Crippen LogP contribution in [0.3, 0.4) is 0 Å². The third-order valence-corrected chi connectivity index (χ3v) is 11.5. The zero-order valence-electron chi connectivity index (χ0n) is 20.7. The predicted octanol–water partition coefficient (Wildman–Crippen LogP) is 9.56. The van der Waals surface area contributed by atoms with Crippen molar-refractivity contribution >= 4 is 35.6 Å². The maximum absolute atomic E-state index is 5.48. The third kappa shape index (κ3) is 4.92. The molecule has 0 spiro atoms. The van der Waals surface area contributed by atoms with Gasteiger partial charge in [0.2, 0.25) is 0 Å². The number of hydrogen-bond acceptors (Lipinski definition) is 3. The Kier molecular flexibility index (Phi) is 8.79. The lowest BCUT2D eigenvalue weighted by Crippen LogP contribution is -2.53. The van der Waals surface area contributed by atoms with Gasteiger partial charge in [0, 0.05) is 5.57 Å². The molecule has 4 fully saturated rings. The van der Waals surface area contributed by atoms with Gasteiger partial charge < -0.3 is 8.58 Å². The van der Waals surface area contributed by atoms with Gasteiger partial charge in [-0.05, 0) is 111 Å². The quantitative estimate of drug-likeness (QED) is 0.283. The average Bonchev–Trinajstić information content (AvgIpc) is 3.16. The minimum absolute atomic E-state index is 0.0876. The van der Waals surface area contributed by atoms with Crippen LogP contribution in [0.25, 0.3) is 0 Å². The van der Waals surface area contributed by atoms with Crippen molar-refractivity contribution < 1.29 is 12.9 Å². The Labute approximate surface area is 216 Å². The molecule has 4 aliphatic rings. The van der Waals surface area contributed by atoms with Crippen molar-refractivity contribution in [1.29, 1.82) is 0 Å². The van der Waals surface area contributed by atoms with Crippen molar-refractivity contribution in [2.75, 3.05) is 6.61 Å². The molecule has 0 heterocycles. The van der Waals surface area contributed by atoms with E-state index in [1.807, 2.05) is 0 Å². The zero-order valence-corrected chi connectivity index (χ0v) is 23.0. The maximum atomic E-state index is 5.48. The van der Waals surface area contributed by atoms with Crippen LogP contribution >= 0.6 is 35.6 Å². The lowest BCUT2D eigenvalue weighted by molar-refractivity contribution is -0.114.